The number of unbranched alkanes of at least 4 members (excludes halogenated alkanes) is 1. The number of nitrogens with zero attached hydrogens (tertiary/aromatic N) is 2. The Morgan fingerprint density at radius 2 is 1.83 bits per heavy atom. The lowest BCUT2D eigenvalue weighted by Crippen LogP contribution is -2.40. The molecule has 0 fully saturated rings. The van der Waals surface area contributed by atoms with E-state index in [4.69, 9.17) is 10.5 Å². The number of ether oxygens (including phenoxy) is 1. The van der Waals surface area contributed by atoms with Gasteiger partial charge in [-0.1, -0.05) is 19.8 Å². The van der Waals surface area contributed by atoms with E-state index in [9.17, 15) is 4.79 Å². The van der Waals surface area contributed by atoms with E-state index in [1.165, 1.54) is 0 Å². The van der Waals surface area contributed by atoms with Gasteiger partial charge in [0.15, 0.2) is 5.96 Å². The SMILES string of the molecule is CCCCC(CNC(=O)OC(C)(C)C)N=C(N)N(CC)CC.I. The standard InChI is InChI=1S/C16H34N4O2.HI/c1-7-10-11-13(19-14(17)20(8-2)9-3)12-18-15(21)22-16(4,5)6;/h13H,7-12H2,1-6H3,(H2,17,19)(H,18,21);1H. The highest BCUT2D eigenvalue weighted by Crippen LogP contribution is 2.08. The number of carbonyl (C=O) groups excluding carboxylic acids is 1. The molecule has 1 atom stereocenters. The van der Waals surface area contributed by atoms with E-state index < -0.39 is 11.7 Å². The Morgan fingerprint density at radius 3 is 2.26 bits per heavy atom. The zero-order chi connectivity index (χ0) is 17.2. The van der Waals surface area contributed by atoms with Crippen molar-refractivity contribution in [3.63, 3.8) is 0 Å². The second-order valence-electron chi connectivity index (χ2n) is 6.34. The summed E-state index contributed by atoms with van der Waals surface area (Å²) in [5.41, 5.74) is 5.56. The van der Waals surface area contributed by atoms with Crippen molar-refractivity contribution in [1.29, 1.82) is 0 Å². The minimum atomic E-state index is -0.494. The fraction of sp³-hybridized carbons (Fsp3) is 0.875. The molecule has 0 aromatic rings. The van der Waals surface area contributed by atoms with E-state index in [0.29, 0.717) is 12.5 Å². The van der Waals surface area contributed by atoms with Crippen LogP contribution in [0.4, 0.5) is 4.79 Å². The highest BCUT2D eigenvalue weighted by molar-refractivity contribution is 14.0. The van der Waals surface area contributed by atoms with Crippen LogP contribution in [0.25, 0.3) is 0 Å². The molecule has 138 valence electrons. The van der Waals surface area contributed by atoms with E-state index in [-0.39, 0.29) is 30.0 Å². The highest BCUT2D eigenvalue weighted by Gasteiger charge is 2.17. The van der Waals surface area contributed by atoms with Crippen LogP contribution in [0.15, 0.2) is 4.99 Å². The van der Waals surface area contributed by atoms with Crippen molar-refractivity contribution in [2.75, 3.05) is 19.6 Å². The maximum Gasteiger partial charge on any atom is 0.407 e. The third-order valence-corrected chi connectivity index (χ3v) is 3.17. The highest BCUT2D eigenvalue weighted by atomic mass is 127. The van der Waals surface area contributed by atoms with Crippen molar-refractivity contribution in [1.82, 2.24) is 10.2 Å². The van der Waals surface area contributed by atoms with E-state index in [1.807, 2.05) is 39.5 Å². The Hall–Kier alpha value is -0.730. The number of amides is 1. The number of rotatable bonds is 8. The van der Waals surface area contributed by atoms with E-state index in [1.54, 1.807) is 0 Å². The van der Waals surface area contributed by atoms with Gasteiger partial charge >= 0.3 is 6.09 Å². The van der Waals surface area contributed by atoms with E-state index in [0.717, 1.165) is 32.4 Å². The lowest BCUT2D eigenvalue weighted by molar-refractivity contribution is 0.0524. The lowest BCUT2D eigenvalue weighted by Gasteiger charge is -2.23. The number of carbonyl (C=O) groups is 1. The molecule has 0 aromatic carbocycles. The van der Waals surface area contributed by atoms with Gasteiger partial charge in [-0.05, 0) is 41.0 Å². The van der Waals surface area contributed by atoms with Crippen LogP contribution in [0, 0.1) is 0 Å². The quantitative estimate of drug-likeness (QED) is 0.343. The fourth-order valence-electron chi connectivity index (χ4n) is 1.98. The van der Waals surface area contributed by atoms with E-state index in [2.05, 4.69) is 17.2 Å². The summed E-state index contributed by atoms with van der Waals surface area (Å²) in [7, 11) is 0. The Morgan fingerprint density at radius 1 is 1.26 bits per heavy atom. The van der Waals surface area contributed by atoms with Crippen molar-refractivity contribution >= 4 is 36.0 Å². The average molecular weight is 442 g/mol. The van der Waals surface area contributed by atoms with Crippen molar-refractivity contribution in [2.24, 2.45) is 10.7 Å². The number of aliphatic imine (C=N–C) groups is 1. The molecule has 0 aliphatic heterocycles. The maximum atomic E-state index is 11.7. The first-order valence-electron chi connectivity index (χ1n) is 8.28. The van der Waals surface area contributed by atoms with Crippen LogP contribution < -0.4 is 11.1 Å². The second-order valence-corrected chi connectivity index (χ2v) is 6.34. The number of guanidine groups is 1. The minimum Gasteiger partial charge on any atom is -0.444 e. The number of nitrogens with one attached hydrogen (secondary N) is 1. The molecule has 0 saturated heterocycles. The number of alkyl carbamates (subject to hydrolysis) is 1. The molecule has 3 N–H and O–H groups in total. The fourth-order valence-corrected chi connectivity index (χ4v) is 1.98. The summed E-state index contributed by atoms with van der Waals surface area (Å²) in [5, 5.41) is 2.79. The summed E-state index contributed by atoms with van der Waals surface area (Å²) in [6, 6.07) is -0.0203. The van der Waals surface area contributed by atoms with Crippen molar-refractivity contribution < 1.29 is 9.53 Å². The van der Waals surface area contributed by atoms with Crippen molar-refractivity contribution in [2.45, 2.75) is 72.4 Å². The van der Waals surface area contributed by atoms with Crippen molar-refractivity contribution in [3.8, 4) is 0 Å². The molecule has 0 rings (SSSR count). The average Bonchev–Trinajstić information content (AvgIpc) is 2.41. The number of halogens is 1. The second kappa shape index (κ2) is 12.7. The lowest BCUT2D eigenvalue weighted by atomic mass is 10.1. The zero-order valence-electron chi connectivity index (χ0n) is 15.5. The Balaban J connectivity index is 0. The monoisotopic (exact) mass is 442 g/mol. The molecule has 0 heterocycles. The molecule has 0 aliphatic carbocycles. The molecule has 7 heteroatoms. The number of hydrogen-bond acceptors (Lipinski definition) is 3. The van der Waals surface area contributed by atoms with Gasteiger partial charge in [0, 0.05) is 19.6 Å². The predicted octanol–water partition coefficient (Wildman–Crippen LogP) is 3.34. The van der Waals surface area contributed by atoms with Crippen LogP contribution >= 0.6 is 24.0 Å². The van der Waals surface area contributed by atoms with Crippen molar-refractivity contribution in [3.05, 3.63) is 0 Å². The molecule has 6 nitrogen and oxygen atoms in total. The van der Waals surface area contributed by atoms with Crippen LogP contribution in [-0.2, 0) is 4.74 Å². The zero-order valence-corrected chi connectivity index (χ0v) is 17.8. The number of hydrogen-bond donors (Lipinski definition) is 2. The largest absolute Gasteiger partial charge is 0.444 e. The first-order chi connectivity index (χ1) is 10.2. The van der Waals surface area contributed by atoms with Crippen LogP contribution in [0.3, 0.4) is 0 Å². The number of nitrogens with two attached hydrogens (primary N) is 1. The summed E-state index contributed by atoms with van der Waals surface area (Å²) in [4.78, 5) is 18.3. The molecule has 1 unspecified atom stereocenters. The topological polar surface area (TPSA) is 79.9 Å². The maximum absolute atomic E-state index is 11.7. The molecule has 0 bridgehead atoms. The third kappa shape index (κ3) is 12.4. The van der Waals surface area contributed by atoms with Gasteiger partial charge in [-0.15, -0.1) is 24.0 Å². The molecule has 0 aliphatic rings. The van der Waals surface area contributed by atoms with Gasteiger partial charge in [-0.25, -0.2) is 9.79 Å². The molecule has 1 amide bonds. The van der Waals surface area contributed by atoms with Gasteiger partial charge in [-0.2, -0.15) is 0 Å². The van der Waals surface area contributed by atoms with Crippen LogP contribution in [0.1, 0.15) is 60.8 Å². The molecule has 23 heavy (non-hydrogen) atoms. The summed E-state index contributed by atoms with van der Waals surface area (Å²) >= 11 is 0. The molecule has 0 saturated carbocycles. The van der Waals surface area contributed by atoms with Gasteiger partial charge in [0.25, 0.3) is 0 Å². The molecule has 0 spiro atoms. The first kappa shape index (κ1) is 24.5. The first-order valence-corrected chi connectivity index (χ1v) is 8.28. The van der Waals surface area contributed by atoms with E-state index >= 15 is 0 Å². The van der Waals surface area contributed by atoms with Gasteiger partial charge in [0.05, 0.1) is 6.04 Å². The summed E-state index contributed by atoms with van der Waals surface area (Å²) in [5.74, 6) is 0.539. The van der Waals surface area contributed by atoms with Crippen LogP contribution in [0.5, 0.6) is 0 Å². The van der Waals surface area contributed by atoms with Crippen LogP contribution in [-0.4, -0.2) is 48.2 Å². The van der Waals surface area contributed by atoms with Gasteiger partial charge in [0.2, 0.25) is 0 Å². The molecule has 0 aromatic heterocycles. The summed E-state index contributed by atoms with van der Waals surface area (Å²) < 4.78 is 5.25. The molecule has 0 radical (unpaired) electrons. The normalized spacial score (nSPS) is 13.0. The predicted molar refractivity (Wildman–Crippen MR) is 108 cm³/mol. The third-order valence-electron chi connectivity index (χ3n) is 3.17. The minimum absolute atomic E-state index is 0. The smallest absolute Gasteiger partial charge is 0.407 e. The molecular weight excluding hydrogens is 407 g/mol. The Labute approximate surface area is 158 Å². The van der Waals surface area contributed by atoms with Gasteiger partial charge in [0.1, 0.15) is 5.60 Å². The van der Waals surface area contributed by atoms with Gasteiger partial charge < -0.3 is 20.7 Å². The summed E-state index contributed by atoms with van der Waals surface area (Å²) in [6.45, 7) is 13.9. The van der Waals surface area contributed by atoms with Gasteiger partial charge in [-0.3, -0.25) is 0 Å². The Kier molecular flexibility index (Phi) is 13.5. The molecular formula is C16H35IN4O2. The van der Waals surface area contributed by atoms with Crippen LogP contribution in [0.2, 0.25) is 0 Å². The summed E-state index contributed by atoms with van der Waals surface area (Å²) in [6.07, 6.45) is 2.62. The Bertz CT molecular complexity index is 352.